The van der Waals surface area contributed by atoms with Gasteiger partial charge in [0, 0.05) is 17.6 Å². The van der Waals surface area contributed by atoms with E-state index < -0.39 is 6.10 Å². The van der Waals surface area contributed by atoms with Crippen molar-refractivity contribution in [2.24, 2.45) is 0 Å². The summed E-state index contributed by atoms with van der Waals surface area (Å²) in [7, 11) is 0. The Morgan fingerprint density at radius 3 is 2.26 bits per heavy atom. The first-order valence-electron chi connectivity index (χ1n) is 6.38. The molecule has 0 aliphatic carbocycles. The van der Waals surface area contributed by atoms with E-state index in [2.05, 4.69) is 12.2 Å². The van der Waals surface area contributed by atoms with E-state index >= 15 is 0 Å². The van der Waals surface area contributed by atoms with Gasteiger partial charge in [-0.2, -0.15) is 0 Å². The number of nitrogens with one attached hydrogen (secondary N) is 1. The van der Waals surface area contributed by atoms with Crippen LogP contribution in [-0.4, -0.2) is 11.7 Å². The van der Waals surface area contributed by atoms with Gasteiger partial charge in [-0.25, -0.2) is 0 Å². The van der Waals surface area contributed by atoms with Crippen LogP contribution in [-0.2, 0) is 0 Å². The molecule has 0 saturated heterocycles. The van der Waals surface area contributed by atoms with Gasteiger partial charge in [0.15, 0.2) is 0 Å². The highest BCUT2D eigenvalue weighted by Gasteiger charge is 2.10. The van der Waals surface area contributed by atoms with E-state index in [-0.39, 0.29) is 6.04 Å². The van der Waals surface area contributed by atoms with E-state index in [0.717, 1.165) is 16.1 Å². The first-order valence-corrected chi connectivity index (χ1v) is 6.76. The van der Waals surface area contributed by atoms with Crippen molar-refractivity contribution in [3.8, 4) is 0 Å². The largest absolute Gasteiger partial charge is 0.387 e. The molecule has 0 aliphatic heterocycles. The summed E-state index contributed by atoms with van der Waals surface area (Å²) < 4.78 is 0. The van der Waals surface area contributed by atoms with Gasteiger partial charge in [-0.3, -0.25) is 0 Å². The normalized spacial score (nSPS) is 14.1. The van der Waals surface area contributed by atoms with E-state index in [0.29, 0.717) is 6.54 Å². The lowest BCUT2D eigenvalue weighted by Gasteiger charge is -2.17. The summed E-state index contributed by atoms with van der Waals surface area (Å²) in [5.74, 6) is 0. The molecule has 0 radical (unpaired) electrons. The molecule has 0 aliphatic rings. The molecule has 1 unspecified atom stereocenters. The average Bonchev–Trinajstić information content (AvgIpc) is 2.46. The van der Waals surface area contributed by atoms with E-state index in [4.69, 9.17) is 11.6 Å². The third kappa shape index (κ3) is 4.06. The monoisotopic (exact) mass is 275 g/mol. The van der Waals surface area contributed by atoms with Gasteiger partial charge in [0.1, 0.15) is 0 Å². The Labute approximate surface area is 119 Å². The van der Waals surface area contributed by atoms with Crippen LogP contribution in [0.5, 0.6) is 0 Å². The minimum Gasteiger partial charge on any atom is -0.387 e. The third-order valence-corrected chi connectivity index (χ3v) is 3.42. The molecule has 2 aromatic rings. The zero-order chi connectivity index (χ0) is 13.7. The maximum atomic E-state index is 10.1. The van der Waals surface area contributed by atoms with Crippen molar-refractivity contribution in [1.82, 2.24) is 5.32 Å². The van der Waals surface area contributed by atoms with Gasteiger partial charge in [-0.1, -0.05) is 54.1 Å². The van der Waals surface area contributed by atoms with E-state index in [9.17, 15) is 5.11 Å². The molecule has 2 aromatic carbocycles. The molecule has 0 aromatic heterocycles. The Kier molecular flexibility index (Phi) is 4.97. The second-order valence-electron chi connectivity index (χ2n) is 4.61. The molecular weight excluding hydrogens is 258 g/mol. The molecule has 0 bridgehead atoms. The maximum Gasteiger partial charge on any atom is 0.0914 e. The van der Waals surface area contributed by atoms with Crippen LogP contribution in [0, 0.1) is 0 Å². The number of rotatable bonds is 5. The lowest BCUT2D eigenvalue weighted by Crippen LogP contribution is -2.24. The van der Waals surface area contributed by atoms with Crippen molar-refractivity contribution < 1.29 is 5.11 Å². The molecule has 0 amide bonds. The van der Waals surface area contributed by atoms with Crippen LogP contribution in [0.15, 0.2) is 54.6 Å². The van der Waals surface area contributed by atoms with Crippen molar-refractivity contribution in [1.29, 1.82) is 0 Å². The van der Waals surface area contributed by atoms with Gasteiger partial charge in [-0.05, 0) is 30.2 Å². The molecule has 0 saturated carbocycles. The lowest BCUT2D eigenvalue weighted by atomic mass is 10.1. The molecular formula is C16H18ClNO. The standard InChI is InChI=1S/C16H18ClNO/c1-12(13-7-9-15(17)10-8-13)18-11-16(19)14-5-3-2-4-6-14/h2-10,12,16,18-19H,11H2,1H3/t12-,16?/m0/s1. The smallest absolute Gasteiger partial charge is 0.0914 e. The SMILES string of the molecule is C[C@H](NCC(O)c1ccccc1)c1ccc(Cl)cc1. The number of hydrogen-bond acceptors (Lipinski definition) is 2. The summed E-state index contributed by atoms with van der Waals surface area (Å²) in [4.78, 5) is 0. The van der Waals surface area contributed by atoms with Crippen LogP contribution >= 0.6 is 11.6 Å². The molecule has 2 nitrogen and oxygen atoms in total. The topological polar surface area (TPSA) is 32.3 Å². The van der Waals surface area contributed by atoms with Crippen molar-refractivity contribution in [3.63, 3.8) is 0 Å². The molecule has 2 N–H and O–H groups in total. The maximum absolute atomic E-state index is 10.1. The van der Waals surface area contributed by atoms with E-state index in [1.54, 1.807) is 0 Å². The number of hydrogen-bond donors (Lipinski definition) is 2. The Balaban J connectivity index is 1.90. The molecule has 0 fully saturated rings. The molecule has 0 spiro atoms. The molecule has 19 heavy (non-hydrogen) atoms. The number of aliphatic hydroxyl groups is 1. The third-order valence-electron chi connectivity index (χ3n) is 3.17. The van der Waals surface area contributed by atoms with Crippen LogP contribution in [0.3, 0.4) is 0 Å². The van der Waals surface area contributed by atoms with E-state index in [1.807, 2.05) is 54.6 Å². The first kappa shape index (κ1) is 14.1. The van der Waals surface area contributed by atoms with Crippen LogP contribution in [0.25, 0.3) is 0 Å². The summed E-state index contributed by atoms with van der Waals surface area (Å²) in [5, 5.41) is 14.1. The van der Waals surface area contributed by atoms with Crippen LogP contribution in [0.1, 0.15) is 30.2 Å². The molecule has 3 heteroatoms. The van der Waals surface area contributed by atoms with Crippen molar-refractivity contribution in [2.45, 2.75) is 19.1 Å². The fraction of sp³-hybridized carbons (Fsp3) is 0.250. The highest BCUT2D eigenvalue weighted by Crippen LogP contribution is 2.17. The minimum atomic E-state index is -0.490. The zero-order valence-corrected chi connectivity index (χ0v) is 11.6. The van der Waals surface area contributed by atoms with Gasteiger partial charge >= 0.3 is 0 Å². The Bertz CT molecular complexity index is 498. The van der Waals surface area contributed by atoms with Crippen LogP contribution in [0.2, 0.25) is 5.02 Å². The average molecular weight is 276 g/mol. The predicted molar refractivity (Wildman–Crippen MR) is 79.3 cm³/mol. The highest BCUT2D eigenvalue weighted by molar-refractivity contribution is 6.30. The van der Waals surface area contributed by atoms with Gasteiger partial charge in [0.25, 0.3) is 0 Å². The number of halogens is 1. The summed E-state index contributed by atoms with van der Waals surface area (Å²) in [5.41, 5.74) is 2.09. The molecule has 2 atom stereocenters. The fourth-order valence-corrected chi connectivity index (χ4v) is 2.08. The van der Waals surface area contributed by atoms with Crippen molar-refractivity contribution in [2.75, 3.05) is 6.54 Å². The number of aliphatic hydroxyl groups excluding tert-OH is 1. The summed E-state index contributed by atoms with van der Waals surface area (Å²) in [6.45, 7) is 2.59. The Morgan fingerprint density at radius 1 is 1.00 bits per heavy atom. The van der Waals surface area contributed by atoms with E-state index in [1.165, 1.54) is 0 Å². The van der Waals surface area contributed by atoms with Crippen molar-refractivity contribution in [3.05, 3.63) is 70.7 Å². The number of benzene rings is 2. The van der Waals surface area contributed by atoms with Crippen LogP contribution in [0.4, 0.5) is 0 Å². The first-order chi connectivity index (χ1) is 9.16. The second-order valence-corrected chi connectivity index (χ2v) is 5.04. The summed E-state index contributed by atoms with van der Waals surface area (Å²) >= 11 is 5.86. The van der Waals surface area contributed by atoms with Gasteiger partial charge in [-0.15, -0.1) is 0 Å². The molecule has 2 rings (SSSR count). The lowest BCUT2D eigenvalue weighted by molar-refractivity contribution is 0.171. The Morgan fingerprint density at radius 2 is 1.63 bits per heavy atom. The fourth-order valence-electron chi connectivity index (χ4n) is 1.95. The summed E-state index contributed by atoms with van der Waals surface area (Å²) in [6, 6.07) is 17.6. The quantitative estimate of drug-likeness (QED) is 0.872. The minimum absolute atomic E-state index is 0.177. The van der Waals surface area contributed by atoms with Gasteiger partial charge < -0.3 is 10.4 Å². The van der Waals surface area contributed by atoms with Crippen LogP contribution < -0.4 is 5.32 Å². The predicted octanol–water partition coefficient (Wildman–Crippen LogP) is 3.72. The summed E-state index contributed by atoms with van der Waals surface area (Å²) in [6.07, 6.45) is -0.490. The molecule has 100 valence electrons. The van der Waals surface area contributed by atoms with Gasteiger partial charge in [0.2, 0.25) is 0 Å². The zero-order valence-electron chi connectivity index (χ0n) is 10.9. The molecule has 0 heterocycles. The second kappa shape index (κ2) is 6.71. The van der Waals surface area contributed by atoms with Crippen molar-refractivity contribution >= 4 is 11.6 Å². The van der Waals surface area contributed by atoms with Gasteiger partial charge in [0.05, 0.1) is 6.10 Å². The Hall–Kier alpha value is -1.35. The highest BCUT2D eigenvalue weighted by atomic mass is 35.5.